The van der Waals surface area contributed by atoms with Crippen molar-refractivity contribution >= 4 is 16.4 Å². The molecule has 1 N–H and O–H groups in total. The van der Waals surface area contributed by atoms with E-state index >= 15 is 0 Å². The van der Waals surface area contributed by atoms with E-state index in [2.05, 4.69) is 10.2 Å². The summed E-state index contributed by atoms with van der Waals surface area (Å²) in [5.41, 5.74) is 2.03. The average molecular weight is 240 g/mol. The molecule has 0 aromatic heterocycles. The van der Waals surface area contributed by atoms with Crippen LogP contribution in [0.2, 0.25) is 0 Å². The van der Waals surface area contributed by atoms with Crippen LogP contribution in [0.15, 0.2) is 24.3 Å². The Morgan fingerprint density at radius 3 is 2.31 bits per heavy atom. The lowest BCUT2D eigenvalue weighted by Crippen LogP contribution is -2.43. The van der Waals surface area contributed by atoms with Gasteiger partial charge in [0.15, 0.2) is 0 Å². The fourth-order valence-electron chi connectivity index (χ4n) is 1.88. The Balaban J connectivity index is 2.05. The first kappa shape index (κ1) is 11.4. The Kier molecular flexibility index (Phi) is 3.79. The van der Waals surface area contributed by atoms with Gasteiger partial charge in [0.25, 0.3) is 0 Å². The third-order valence-electron chi connectivity index (χ3n) is 2.73. The number of anilines is 1. The molecule has 1 aromatic carbocycles. The molecule has 5 heteroatoms. The van der Waals surface area contributed by atoms with E-state index in [1.165, 1.54) is 5.69 Å². The summed E-state index contributed by atoms with van der Waals surface area (Å²) in [6.45, 7) is 4.03. The fourth-order valence-corrected chi connectivity index (χ4v) is 2.39. The van der Waals surface area contributed by atoms with Crippen LogP contribution in [0.4, 0.5) is 5.69 Å². The monoisotopic (exact) mass is 240 g/mol. The molecule has 0 bridgehead atoms. The molecule has 1 aromatic rings. The van der Waals surface area contributed by atoms with Crippen LogP contribution < -0.4 is 10.2 Å². The Labute approximate surface area is 97.2 Å². The molecule has 1 aliphatic heterocycles. The molecule has 0 aliphatic carbocycles. The summed E-state index contributed by atoms with van der Waals surface area (Å²) in [6, 6.07) is 7.78. The summed E-state index contributed by atoms with van der Waals surface area (Å²) in [7, 11) is -2.32. The van der Waals surface area contributed by atoms with Crippen LogP contribution in [0.25, 0.3) is 0 Å². The maximum Gasteiger partial charge on any atom is 0.144 e. The van der Waals surface area contributed by atoms with Crippen LogP contribution in [0.5, 0.6) is 0 Å². The maximum atomic E-state index is 10.6. The van der Waals surface area contributed by atoms with Gasteiger partial charge in [-0.2, -0.15) is 0 Å². The number of benzene rings is 1. The van der Waals surface area contributed by atoms with Crippen molar-refractivity contribution < 1.29 is 8.42 Å². The first-order valence-corrected chi connectivity index (χ1v) is 6.78. The summed E-state index contributed by atoms with van der Waals surface area (Å²) < 4.78 is 21.1. The van der Waals surface area contributed by atoms with E-state index in [4.69, 9.17) is 0 Å². The van der Waals surface area contributed by atoms with E-state index in [9.17, 15) is 8.42 Å². The first-order valence-electron chi connectivity index (χ1n) is 5.42. The molecule has 2 rings (SSSR count). The molecule has 0 atom stereocenters. The summed E-state index contributed by atoms with van der Waals surface area (Å²) in [5, 5.41) is 3.30. The van der Waals surface area contributed by atoms with Gasteiger partial charge >= 0.3 is 0 Å². The zero-order valence-electron chi connectivity index (χ0n) is 9.06. The SMILES string of the molecule is O=[SH](=O)Cc1ccc(N2CCNCC2)cc1. The van der Waals surface area contributed by atoms with Crippen molar-refractivity contribution in [2.45, 2.75) is 5.75 Å². The van der Waals surface area contributed by atoms with E-state index in [1.54, 1.807) is 0 Å². The van der Waals surface area contributed by atoms with Crippen LogP contribution in [0.1, 0.15) is 5.56 Å². The molecule has 4 nitrogen and oxygen atoms in total. The predicted octanol–water partition coefficient (Wildman–Crippen LogP) is 0.208. The third kappa shape index (κ3) is 2.96. The van der Waals surface area contributed by atoms with E-state index < -0.39 is 10.7 Å². The number of hydrogen-bond acceptors (Lipinski definition) is 4. The van der Waals surface area contributed by atoms with E-state index in [-0.39, 0.29) is 5.75 Å². The molecule has 0 saturated carbocycles. The summed E-state index contributed by atoms with van der Waals surface area (Å²) in [6.07, 6.45) is 0. The van der Waals surface area contributed by atoms with Gasteiger partial charge in [-0.3, -0.25) is 0 Å². The minimum absolute atomic E-state index is 0.136. The van der Waals surface area contributed by atoms with Crippen molar-refractivity contribution in [1.82, 2.24) is 5.32 Å². The predicted molar refractivity (Wildman–Crippen MR) is 65.5 cm³/mol. The Morgan fingerprint density at radius 2 is 1.75 bits per heavy atom. The van der Waals surface area contributed by atoms with Gasteiger partial charge in [0.05, 0.1) is 5.75 Å². The topological polar surface area (TPSA) is 49.4 Å². The van der Waals surface area contributed by atoms with E-state index in [0.29, 0.717) is 0 Å². The highest BCUT2D eigenvalue weighted by Crippen LogP contribution is 2.16. The van der Waals surface area contributed by atoms with Gasteiger partial charge in [0.2, 0.25) is 0 Å². The summed E-state index contributed by atoms with van der Waals surface area (Å²) in [5.74, 6) is 0.136. The van der Waals surface area contributed by atoms with E-state index in [1.807, 2.05) is 24.3 Å². The second-order valence-corrected chi connectivity index (χ2v) is 4.88. The molecular formula is C11H16N2O2S. The number of thiol groups is 1. The van der Waals surface area contributed by atoms with Crippen molar-refractivity contribution in [3.63, 3.8) is 0 Å². The molecule has 16 heavy (non-hydrogen) atoms. The molecule has 1 fully saturated rings. The average Bonchev–Trinajstić information content (AvgIpc) is 2.30. The van der Waals surface area contributed by atoms with Gasteiger partial charge in [0, 0.05) is 31.9 Å². The number of rotatable bonds is 3. The molecule has 1 heterocycles. The quantitative estimate of drug-likeness (QED) is 0.742. The highest BCUT2D eigenvalue weighted by molar-refractivity contribution is 7.71. The van der Waals surface area contributed by atoms with Gasteiger partial charge in [-0.15, -0.1) is 0 Å². The van der Waals surface area contributed by atoms with Crippen molar-refractivity contribution in [3.8, 4) is 0 Å². The normalized spacial score (nSPS) is 16.7. The molecule has 0 radical (unpaired) electrons. The first-order chi connectivity index (χ1) is 7.75. The Bertz CT molecular complexity index is 400. The molecular weight excluding hydrogens is 224 g/mol. The van der Waals surface area contributed by atoms with Crippen LogP contribution >= 0.6 is 0 Å². The Hall–Kier alpha value is -1.07. The molecule has 1 saturated heterocycles. The highest BCUT2D eigenvalue weighted by Gasteiger charge is 2.09. The third-order valence-corrected chi connectivity index (χ3v) is 3.35. The van der Waals surface area contributed by atoms with Crippen LogP contribution in [0.3, 0.4) is 0 Å². The van der Waals surface area contributed by atoms with E-state index in [0.717, 1.165) is 31.7 Å². The van der Waals surface area contributed by atoms with Crippen molar-refractivity contribution in [2.24, 2.45) is 0 Å². The molecule has 88 valence electrons. The van der Waals surface area contributed by atoms with Crippen molar-refractivity contribution in [1.29, 1.82) is 0 Å². The maximum absolute atomic E-state index is 10.6. The largest absolute Gasteiger partial charge is 0.369 e. The molecule has 0 spiro atoms. The molecule has 0 unspecified atom stereocenters. The van der Waals surface area contributed by atoms with Crippen molar-refractivity contribution in [3.05, 3.63) is 29.8 Å². The number of nitrogens with one attached hydrogen (secondary N) is 1. The van der Waals surface area contributed by atoms with Crippen molar-refractivity contribution in [2.75, 3.05) is 31.1 Å². The Morgan fingerprint density at radius 1 is 1.12 bits per heavy atom. The van der Waals surface area contributed by atoms with Gasteiger partial charge < -0.3 is 10.2 Å². The van der Waals surface area contributed by atoms with Gasteiger partial charge in [-0.1, -0.05) is 12.1 Å². The molecule has 1 aliphatic rings. The number of piperazine rings is 1. The number of hydrogen-bond donors (Lipinski definition) is 2. The van der Waals surface area contributed by atoms with Gasteiger partial charge in [0.1, 0.15) is 10.7 Å². The van der Waals surface area contributed by atoms with Crippen LogP contribution in [-0.4, -0.2) is 34.6 Å². The summed E-state index contributed by atoms with van der Waals surface area (Å²) in [4.78, 5) is 2.30. The van der Waals surface area contributed by atoms with Gasteiger partial charge in [-0.25, -0.2) is 8.42 Å². The zero-order chi connectivity index (χ0) is 11.4. The zero-order valence-corrected chi connectivity index (χ0v) is 9.95. The lowest BCUT2D eigenvalue weighted by molar-refractivity contribution is 0.589. The second kappa shape index (κ2) is 5.32. The lowest BCUT2D eigenvalue weighted by Gasteiger charge is -2.29. The second-order valence-electron chi connectivity index (χ2n) is 3.89. The standard InChI is InChI=1S/C11H16N2O2S/c14-16(15)9-10-1-3-11(4-2-10)13-7-5-12-6-8-13/h1-4,12,16H,5-9H2. The smallest absolute Gasteiger partial charge is 0.144 e. The lowest BCUT2D eigenvalue weighted by atomic mass is 10.2. The molecule has 0 amide bonds. The fraction of sp³-hybridized carbons (Fsp3) is 0.455. The highest BCUT2D eigenvalue weighted by atomic mass is 32.2. The summed E-state index contributed by atoms with van der Waals surface area (Å²) >= 11 is 0. The van der Waals surface area contributed by atoms with Crippen LogP contribution in [0, 0.1) is 0 Å². The minimum atomic E-state index is -2.32. The number of nitrogens with zero attached hydrogens (tertiary/aromatic N) is 1. The van der Waals surface area contributed by atoms with Gasteiger partial charge in [-0.05, 0) is 17.7 Å². The minimum Gasteiger partial charge on any atom is -0.369 e. The van der Waals surface area contributed by atoms with Crippen LogP contribution in [-0.2, 0) is 16.5 Å².